The largest absolute Gasteiger partial charge is 0.416 e. The molecule has 6 heteroatoms. The van der Waals surface area contributed by atoms with Gasteiger partial charge in [0.15, 0.2) is 0 Å². The number of fused-ring (bicyclic) bond motifs is 2. The van der Waals surface area contributed by atoms with Crippen LogP contribution in [0.15, 0.2) is 52.3 Å². The quantitative estimate of drug-likeness (QED) is 0.744. The standard InChI is InChI=1S/C18H19F3N2S/c1-12(22(2)3)11-23-14-6-4-5-7-16(14)24-17-9-8-13(10-15(17)23)18(19,20)21/h4-10,12H,11H2,1-3H3. The molecule has 0 N–H and O–H groups in total. The maximum atomic E-state index is 13.1. The van der Waals surface area contributed by atoms with E-state index in [9.17, 15) is 13.2 Å². The molecule has 2 nitrogen and oxygen atoms in total. The molecule has 1 unspecified atom stereocenters. The van der Waals surface area contributed by atoms with E-state index in [2.05, 4.69) is 11.8 Å². The number of nitrogens with zero attached hydrogens (tertiary/aromatic N) is 2. The molecule has 3 rings (SSSR count). The molecule has 0 aliphatic carbocycles. The minimum absolute atomic E-state index is 0.198. The normalized spacial score (nSPS) is 15.2. The second kappa shape index (κ2) is 6.33. The van der Waals surface area contributed by atoms with Gasteiger partial charge in [-0.05, 0) is 51.4 Å². The number of alkyl halides is 3. The van der Waals surface area contributed by atoms with E-state index in [1.807, 2.05) is 43.3 Å². The Balaban J connectivity index is 2.09. The third-order valence-electron chi connectivity index (χ3n) is 4.28. The van der Waals surface area contributed by atoms with Gasteiger partial charge in [0, 0.05) is 22.4 Å². The van der Waals surface area contributed by atoms with E-state index in [4.69, 9.17) is 0 Å². The first-order valence-electron chi connectivity index (χ1n) is 7.69. The maximum absolute atomic E-state index is 13.1. The molecule has 0 radical (unpaired) electrons. The average molecular weight is 352 g/mol. The van der Waals surface area contributed by atoms with Gasteiger partial charge in [-0.15, -0.1) is 0 Å². The zero-order valence-electron chi connectivity index (χ0n) is 13.8. The highest BCUT2D eigenvalue weighted by Crippen LogP contribution is 2.49. The number of likely N-dealkylation sites (N-methyl/N-ethyl adjacent to an activating group) is 1. The van der Waals surface area contributed by atoms with Gasteiger partial charge in [-0.25, -0.2) is 0 Å². The molecule has 1 heterocycles. The summed E-state index contributed by atoms with van der Waals surface area (Å²) in [6.45, 7) is 2.69. The van der Waals surface area contributed by atoms with Gasteiger partial charge in [0.25, 0.3) is 0 Å². The molecule has 1 aliphatic heterocycles. The summed E-state index contributed by atoms with van der Waals surface area (Å²) in [4.78, 5) is 5.99. The van der Waals surface area contributed by atoms with Gasteiger partial charge in [0.2, 0.25) is 0 Å². The Morgan fingerprint density at radius 1 is 1.04 bits per heavy atom. The summed E-state index contributed by atoms with van der Waals surface area (Å²) >= 11 is 1.52. The monoisotopic (exact) mass is 352 g/mol. The molecule has 2 aromatic carbocycles. The van der Waals surface area contributed by atoms with Crippen LogP contribution in [0.5, 0.6) is 0 Å². The zero-order chi connectivity index (χ0) is 17.5. The number of anilines is 2. The lowest BCUT2D eigenvalue weighted by molar-refractivity contribution is -0.137. The molecule has 0 saturated heterocycles. The predicted molar refractivity (Wildman–Crippen MR) is 92.2 cm³/mol. The zero-order valence-corrected chi connectivity index (χ0v) is 14.6. The number of hydrogen-bond donors (Lipinski definition) is 0. The summed E-state index contributed by atoms with van der Waals surface area (Å²) in [7, 11) is 3.95. The molecule has 1 aliphatic rings. The van der Waals surface area contributed by atoms with E-state index in [0.29, 0.717) is 12.2 Å². The summed E-state index contributed by atoms with van der Waals surface area (Å²) in [5, 5.41) is 0. The number of hydrogen-bond acceptors (Lipinski definition) is 3. The minimum atomic E-state index is -4.34. The summed E-state index contributed by atoms with van der Waals surface area (Å²) in [5.74, 6) is 0. The van der Waals surface area contributed by atoms with Crippen molar-refractivity contribution < 1.29 is 13.2 Å². The Morgan fingerprint density at radius 2 is 1.71 bits per heavy atom. The van der Waals surface area contributed by atoms with Crippen molar-refractivity contribution in [1.82, 2.24) is 4.90 Å². The van der Waals surface area contributed by atoms with Gasteiger partial charge in [-0.3, -0.25) is 0 Å². The maximum Gasteiger partial charge on any atom is 0.416 e. The van der Waals surface area contributed by atoms with Gasteiger partial charge in [0.1, 0.15) is 0 Å². The smallest absolute Gasteiger partial charge is 0.338 e. The van der Waals surface area contributed by atoms with E-state index < -0.39 is 11.7 Å². The first-order chi connectivity index (χ1) is 11.3. The fourth-order valence-electron chi connectivity index (χ4n) is 2.63. The van der Waals surface area contributed by atoms with Crippen LogP contribution in [0.4, 0.5) is 24.5 Å². The third kappa shape index (κ3) is 3.26. The fourth-order valence-corrected chi connectivity index (χ4v) is 3.71. The van der Waals surface area contributed by atoms with E-state index in [-0.39, 0.29) is 6.04 Å². The summed E-state index contributed by atoms with van der Waals surface area (Å²) < 4.78 is 39.4. The van der Waals surface area contributed by atoms with Crippen LogP contribution in [0.3, 0.4) is 0 Å². The molecular formula is C18H19F3N2S. The molecule has 128 valence electrons. The van der Waals surface area contributed by atoms with Crippen LogP contribution in [0, 0.1) is 0 Å². The van der Waals surface area contributed by atoms with Gasteiger partial charge in [0.05, 0.1) is 16.9 Å². The SMILES string of the molecule is CC(CN1c2ccccc2Sc2ccc(C(F)(F)F)cc21)N(C)C. The van der Waals surface area contributed by atoms with Crippen molar-refractivity contribution in [2.24, 2.45) is 0 Å². The topological polar surface area (TPSA) is 6.48 Å². The Kier molecular flexibility index (Phi) is 4.53. The van der Waals surface area contributed by atoms with E-state index in [1.165, 1.54) is 17.8 Å². The molecule has 0 spiro atoms. The van der Waals surface area contributed by atoms with Crippen molar-refractivity contribution in [3.8, 4) is 0 Å². The van der Waals surface area contributed by atoms with E-state index >= 15 is 0 Å². The second-order valence-corrected chi connectivity index (χ2v) is 7.26. The molecule has 0 aromatic heterocycles. The van der Waals surface area contributed by atoms with Crippen molar-refractivity contribution in [1.29, 1.82) is 0 Å². The lowest BCUT2D eigenvalue weighted by atomic mass is 10.1. The molecule has 1 atom stereocenters. The Labute approximate surface area is 144 Å². The lowest BCUT2D eigenvalue weighted by Gasteiger charge is -2.36. The summed E-state index contributed by atoms with van der Waals surface area (Å²) in [5.41, 5.74) is 0.981. The van der Waals surface area contributed by atoms with Gasteiger partial charge >= 0.3 is 6.18 Å². The van der Waals surface area contributed by atoms with Crippen LogP contribution in [-0.4, -0.2) is 31.6 Å². The van der Waals surface area contributed by atoms with Crippen molar-refractivity contribution in [3.63, 3.8) is 0 Å². The highest BCUT2D eigenvalue weighted by Gasteiger charge is 2.33. The molecule has 0 fully saturated rings. The van der Waals surface area contributed by atoms with E-state index in [0.717, 1.165) is 21.5 Å². The van der Waals surface area contributed by atoms with Gasteiger partial charge < -0.3 is 9.80 Å². The predicted octanol–water partition coefficient (Wildman–Crippen LogP) is 5.26. The van der Waals surface area contributed by atoms with Crippen LogP contribution in [-0.2, 0) is 6.18 Å². The Morgan fingerprint density at radius 3 is 2.38 bits per heavy atom. The van der Waals surface area contributed by atoms with Crippen LogP contribution in [0.2, 0.25) is 0 Å². The fraction of sp³-hybridized carbons (Fsp3) is 0.333. The summed E-state index contributed by atoms with van der Waals surface area (Å²) in [6.07, 6.45) is -4.34. The van der Waals surface area contributed by atoms with Crippen molar-refractivity contribution >= 4 is 23.1 Å². The first-order valence-corrected chi connectivity index (χ1v) is 8.51. The Bertz CT molecular complexity index is 743. The molecule has 2 aromatic rings. The second-order valence-electron chi connectivity index (χ2n) is 6.17. The molecule has 0 amide bonds. The lowest BCUT2D eigenvalue weighted by Crippen LogP contribution is -2.37. The average Bonchev–Trinajstić information content (AvgIpc) is 2.53. The van der Waals surface area contributed by atoms with Crippen molar-refractivity contribution in [2.45, 2.75) is 28.9 Å². The Hall–Kier alpha value is -1.66. The van der Waals surface area contributed by atoms with Crippen LogP contribution in [0.1, 0.15) is 12.5 Å². The van der Waals surface area contributed by atoms with E-state index in [1.54, 1.807) is 6.07 Å². The highest BCUT2D eigenvalue weighted by atomic mass is 32.2. The highest BCUT2D eigenvalue weighted by molar-refractivity contribution is 7.99. The minimum Gasteiger partial charge on any atom is -0.338 e. The van der Waals surface area contributed by atoms with Crippen molar-refractivity contribution in [2.75, 3.05) is 25.5 Å². The summed E-state index contributed by atoms with van der Waals surface area (Å²) in [6, 6.07) is 12.0. The first kappa shape index (κ1) is 17.2. The third-order valence-corrected chi connectivity index (χ3v) is 5.41. The molecule has 0 bridgehead atoms. The van der Waals surface area contributed by atoms with Crippen LogP contribution < -0.4 is 4.90 Å². The number of benzene rings is 2. The molecule has 0 saturated carbocycles. The van der Waals surface area contributed by atoms with Crippen LogP contribution in [0.25, 0.3) is 0 Å². The number of rotatable bonds is 3. The number of para-hydroxylation sites is 1. The van der Waals surface area contributed by atoms with Gasteiger partial charge in [-0.1, -0.05) is 23.9 Å². The van der Waals surface area contributed by atoms with Gasteiger partial charge in [-0.2, -0.15) is 13.2 Å². The van der Waals surface area contributed by atoms with Crippen LogP contribution >= 0.6 is 11.8 Å². The van der Waals surface area contributed by atoms with Crippen molar-refractivity contribution in [3.05, 3.63) is 48.0 Å². The molecular weight excluding hydrogens is 333 g/mol. The molecule has 24 heavy (non-hydrogen) atoms. The number of halogens is 3.